The lowest BCUT2D eigenvalue weighted by molar-refractivity contribution is -0.121. The molecule has 0 aromatic heterocycles. The van der Waals surface area contributed by atoms with E-state index in [2.05, 4.69) is 15.5 Å². The number of rotatable bonds is 2. The molecular weight excluding hydrogens is 242 g/mol. The van der Waals surface area contributed by atoms with Gasteiger partial charge in [-0.2, -0.15) is 0 Å². The molecule has 2 amide bonds. The van der Waals surface area contributed by atoms with Gasteiger partial charge in [-0.15, -0.1) is 0 Å². The molecule has 2 N–H and O–H groups in total. The molecule has 0 bridgehead atoms. The summed E-state index contributed by atoms with van der Waals surface area (Å²) in [5.41, 5.74) is 1.89. The van der Waals surface area contributed by atoms with Crippen LogP contribution >= 0.6 is 0 Å². The van der Waals surface area contributed by atoms with Crippen molar-refractivity contribution >= 4 is 23.2 Å². The molecule has 19 heavy (non-hydrogen) atoms. The molecule has 2 aliphatic rings. The average molecular weight is 259 g/mol. The van der Waals surface area contributed by atoms with Crippen LogP contribution in [-0.2, 0) is 9.59 Å². The summed E-state index contributed by atoms with van der Waals surface area (Å²) in [7, 11) is 0. The van der Waals surface area contributed by atoms with E-state index in [-0.39, 0.29) is 23.9 Å². The minimum Gasteiger partial charge on any atom is -0.356 e. The third-order valence-electron chi connectivity index (χ3n) is 3.76. The molecule has 2 heterocycles. The van der Waals surface area contributed by atoms with Crippen LogP contribution in [0.5, 0.6) is 0 Å². The molecule has 0 spiro atoms. The van der Waals surface area contributed by atoms with Gasteiger partial charge in [0.2, 0.25) is 11.8 Å². The molecule has 5 heteroatoms. The zero-order valence-electron chi connectivity index (χ0n) is 10.8. The molecule has 100 valence electrons. The summed E-state index contributed by atoms with van der Waals surface area (Å²) in [6, 6.07) is 7.66. The van der Waals surface area contributed by atoms with Crippen LogP contribution in [0.4, 0.5) is 11.4 Å². The summed E-state index contributed by atoms with van der Waals surface area (Å²) >= 11 is 0. The fourth-order valence-corrected chi connectivity index (χ4v) is 2.83. The van der Waals surface area contributed by atoms with E-state index in [0.29, 0.717) is 19.4 Å². The van der Waals surface area contributed by atoms with Crippen molar-refractivity contribution in [1.82, 2.24) is 5.32 Å². The summed E-state index contributed by atoms with van der Waals surface area (Å²) in [5.74, 6) is 0.0606. The van der Waals surface area contributed by atoms with Gasteiger partial charge in [-0.25, -0.2) is 0 Å². The maximum atomic E-state index is 12.1. The number of hydrogen-bond acceptors (Lipinski definition) is 3. The highest BCUT2D eigenvalue weighted by Gasteiger charge is 2.41. The molecule has 3 rings (SSSR count). The van der Waals surface area contributed by atoms with Gasteiger partial charge in [0.25, 0.3) is 0 Å². The van der Waals surface area contributed by atoms with E-state index in [1.807, 2.05) is 31.2 Å². The van der Waals surface area contributed by atoms with Gasteiger partial charge in [-0.3, -0.25) is 9.59 Å². The highest BCUT2D eigenvalue weighted by molar-refractivity contribution is 6.04. The molecule has 0 aliphatic carbocycles. The molecule has 5 nitrogen and oxygen atoms in total. The van der Waals surface area contributed by atoms with Crippen LogP contribution < -0.4 is 15.5 Å². The van der Waals surface area contributed by atoms with E-state index in [1.54, 1.807) is 0 Å². The van der Waals surface area contributed by atoms with Gasteiger partial charge >= 0.3 is 0 Å². The number of benzene rings is 1. The summed E-state index contributed by atoms with van der Waals surface area (Å²) in [4.78, 5) is 25.6. The van der Waals surface area contributed by atoms with Crippen molar-refractivity contribution in [1.29, 1.82) is 0 Å². The lowest BCUT2D eigenvalue weighted by Gasteiger charge is -2.32. The second kappa shape index (κ2) is 4.57. The Hall–Kier alpha value is -2.04. The van der Waals surface area contributed by atoms with Gasteiger partial charge in [-0.05, 0) is 18.6 Å². The Morgan fingerprint density at radius 2 is 2.26 bits per heavy atom. The first-order valence-corrected chi connectivity index (χ1v) is 6.65. The van der Waals surface area contributed by atoms with Crippen molar-refractivity contribution in [3.8, 4) is 0 Å². The molecule has 1 saturated heterocycles. The fraction of sp³-hybridized carbons (Fsp3) is 0.429. The van der Waals surface area contributed by atoms with Crippen LogP contribution in [0.25, 0.3) is 0 Å². The van der Waals surface area contributed by atoms with Crippen LogP contribution in [-0.4, -0.2) is 30.4 Å². The van der Waals surface area contributed by atoms with Crippen molar-refractivity contribution in [2.45, 2.75) is 31.8 Å². The smallest absolute Gasteiger partial charge is 0.247 e. The van der Waals surface area contributed by atoms with Crippen LogP contribution in [0.15, 0.2) is 24.3 Å². The molecule has 0 saturated carbocycles. The third kappa shape index (κ3) is 2.05. The molecule has 1 fully saturated rings. The number of carbonyl (C=O) groups excluding carboxylic acids is 2. The van der Waals surface area contributed by atoms with E-state index in [1.165, 1.54) is 0 Å². The summed E-state index contributed by atoms with van der Waals surface area (Å²) < 4.78 is 0. The monoisotopic (exact) mass is 259 g/mol. The van der Waals surface area contributed by atoms with Crippen molar-refractivity contribution in [2.75, 3.05) is 16.8 Å². The minimum absolute atomic E-state index is 0.0203. The van der Waals surface area contributed by atoms with Crippen molar-refractivity contribution in [3.05, 3.63) is 24.3 Å². The topological polar surface area (TPSA) is 61.4 Å². The predicted molar refractivity (Wildman–Crippen MR) is 73.0 cm³/mol. The van der Waals surface area contributed by atoms with Gasteiger partial charge in [-0.1, -0.05) is 19.1 Å². The van der Waals surface area contributed by atoms with Crippen molar-refractivity contribution in [2.24, 2.45) is 0 Å². The summed E-state index contributed by atoms with van der Waals surface area (Å²) in [6.07, 6.45) is 1.15. The average Bonchev–Trinajstić information content (AvgIpc) is 2.83. The fourth-order valence-electron chi connectivity index (χ4n) is 2.83. The lowest BCUT2D eigenvalue weighted by Crippen LogP contribution is -2.43. The highest BCUT2D eigenvalue weighted by Crippen LogP contribution is 2.36. The standard InChI is InChI=1S/C14H17N3O2/c1-2-13(18)15-9-7-12-14(19)16-10-5-3-4-6-11(10)17(12)8-9/h3-6,9,12H,2,7-8H2,1H3,(H,15,18)(H,16,19). The van der Waals surface area contributed by atoms with Crippen LogP contribution in [0.1, 0.15) is 19.8 Å². The zero-order chi connectivity index (χ0) is 13.4. The van der Waals surface area contributed by atoms with Gasteiger partial charge < -0.3 is 15.5 Å². The SMILES string of the molecule is CCC(=O)NC1CC2C(=O)Nc3ccccc3N2C1. The van der Waals surface area contributed by atoms with E-state index in [9.17, 15) is 9.59 Å². The first-order valence-electron chi connectivity index (χ1n) is 6.65. The second-order valence-corrected chi connectivity index (χ2v) is 5.03. The van der Waals surface area contributed by atoms with Gasteiger partial charge in [0.1, 0.15) is 6.04 Å². The van der Waals surface area contributed by atoms with E-state index in [0.717, 1.165) is 11.4 Å². The maximum Gasteiger partial charge on any atom is 0.247 e. The third-order valence-corrected chi connectivity index (χ3v) is 3.76. The van der Waals surface area contributed by atoms with E-state index >= 15 is 0 Å². The number of para-hydroxylation sites is 2. The Bertz CT molecular complexity index is 529. The summed E-state index contributed by atoms with van der Waals surface area (Å²) in [5, 5.41) is 5.90. The zero-order valence-corrected chi connectivity index (χ0v) is 10.8. The Kier molecular flexibility index (Phi) is 2.89. The molecular formula is C14H17N3O2. The van der Waals surface area contributed by atoms with Crippen molar-refractivity contribution in [3.63, 3.8) is 0 Å². The number of amides is 2. The Morgan fingerprint density at radius 3 is 3.05 bits per heavy atom. The number of hydrogen-bond donors (Lipinski definition) is 2. The number of carbonyl (C=O) groups is 2. The Labute approximate surface area is 112 Å². The first-order chi connectivity index (χ1) is 9.19. The molecule has 0 radical (unpaired) electrons. The normalized spacial score (nSPS) is 24.5. The van der Waals surface area contributed by atoms with E-state index < -0.39 is 0 Å². The number of nitrogens with zero attached hydrogens (tertiary/aromatic N) is 1. The summed E-state index contributed by atoms with van der Waals surface area (Å²) in [6.45, 7) is 2.53. The highest BCUT2D eigenvalue weighted by atomic mass is 16.2. The Balaban J connectivity index is 1.84. The van der Waals surface area contributed by atoms with Gasteiger partial charge in [0.15, 0.2) is 0 Å². The quantitative estimate of drug-likeness (QED) is 0.836. The number of nitrogens with one attached hydrogen (secondary N) is 2. The van der Waals surface area contributed by atoms with Crippen LogP contribution in [0.3, 0.4) is 0 Å². The first kappa shape index (κ1) is 12.0. The number of anilines is 2. The molecule has 2 unspecified atom stereocenters. The van der Waals surface area contributed by atoms with E-state index in [4.69, 9.17) is 0 Å². The van der Waals surface area contributed by atoms with Crippen LogP contribution in [0, 0.1) is 0 Å². The number of fused-ring (bicyclic) bond motifs is 3. The second-order valence-electron chi connectivity index (χ2n) is 5.03. The molecule has 1 aromatic rings. The van der Waals surface area contributed by atoms with Gasteiger partial charge in [0.05, 0.1) is 11.4 Å². The Morgan fingerprint density at radius 1 is 1.47 bits per heavy atom. The largest absolute Gasteiger partial charge is 0.356 e. The van der Waals surface area contributed by atoms with Gasteiger partial charge in [0, 0.05) is 19.0 Å². The minimum atomic E-state index is -0.169. The maximum absolute atomic E-state index is 12.1. The molecule has 2 atom stereocenters. The molecule has 1 aromatic carbocycles. The molecule has 2 aliphatic heterocycles. The van der Waals surface area contributed by atoms with Crippen LogP contribution in [0.2, 0.25) is 0 Å². The van der Waals surface area contributed by atoms with Crippen molar-refractivity contribution < 1.29 is 9.59 Å². The predicted octanol–water partition coefficient (Wildman–Crippen LogP) is 1.11. The lowest BCUT2D eigenvalue weighted by atomic mass is 10.1.